The first kappa shape index (κ1) is 16.5. The molecule has 1 aliphatic rings. The van der Waals surface area contributed by atoms with Gasteiger partial charge in [0.2, 0.25) is 5.91 Å². The molecule has 1 aliphatic heterocycles. The summed E-state index contributed by atoms with van der Waals surface area (Å²) in [4.78, 5) is 25.8. The predicted octanol–water partition coefficient (Wildman–Crippen LogP) is 3.21. The SMILES string of the molecule is O=C(NCc1cccc(N2CCCC2=O)c1)c1ccc(Br)cc1O. The lowest BCUT2D eigenvalue weighted by molar-refractivity contribution is -0.117. The summed E-state index contributed by atoms with van der Waals surface area (Å²) in [6.07, 6.45) is 1.46. The van der Waals surface area contributed by atoms with Crippen molar-refractivity contribution in [3.05, 3.63) is 58.1 Å². The van der Waals surface area contributed by atoms with Gasteiger partial charge in [-0.15, -0.1) is 0 Å². The number of carbonyl (C=O) groups excluding carboxylic acids is 2. The molecule has 124 valence electrons. The molecule has 5 nitrogen and oxygen atoms in total. The van der Waals surface area contributed by atoms with E-state index in [0.717, 1.165) is 24.2 Å². The Morgan fingerprint density at radius 1 is 1.25 bits per heavy atom. The van der Waals surface area contributed by atoms with Crippen molar-refractivity contribution in [1.29, 1.82) is 0 Å². The number of carbonyl (C=O) groups is 2. The Balaban J connectivity index is 1.68. The number of amides is 2. The van der Waals surface area contributed by atoms with Crippen molar-refractivity contribution < 1.29 is 14.7 Å². The smallest absolute Gasteiger partial charge is 0.255 e. The van der Waals surface area contributed by atoms with Gasteiger partial charge in [-0.2, -0.15) is 0 Å². The standard InChI is InChI=1S/C18H17BrN2O3/c19-13-6-7-15(16(22)10-13)18(24)20-11-12-3-1-4-14(9-12)21-8-2-5-17(21)23/h1,3-4,6-7,9-10,22H,2,5,8,11H2,(H,20,24). The van der Waals surface area contributed by atoms with Crippen LogP contribution in [0.5, 0.6) is 5.75 Å². The number of nitrogens with one attached hydrogen (secondary N) is 1. The zero-order valence-corrected chi connectivity index (χ0v) is 14.5. The van der Waals surface area contributed by atoms with Crippen molar-refractivity contribution in [2.24, 2.45) is 0 Å². The third kappa shape index (κ3) is 3.59. The van der Waals surface area contributed by atoms with Crippen molar-refractivity contribution in [1.82, 2.24) is 5.32 Å². The van der Waals surface area contributed by atoms with Crippen molar-refractivity contribution in [2.75, 3.05) is 11.4 Å². The van der Waals surface area contributed by atoms with Gasteiger partial charge in [0, 0.05) is 29.7 Å². The molecule has 0 bridgehead atoms. The maximum atomic E-state index is 12.2. The Hall–Kier alpha value is -2.34. The number of aromatic hydroxyl groups is 1. The van der Waals surface area contributed by atoms with Gasteiger partial charge in [0.25, 0.3) is 5.91 Å². The third-order valence-corrected chi connectivity index (χ3v) is 4.45. The van der Waals surface area contributed by atoms with Crippen LogP contribution in [0.3, 0.4) is 0 Å². The van der Waals surface area contributed by atoms with E-state index in [1.807, 2.05) is 24.3 Å². The van der Waals surface area contributed by atoms with Gasteiger partial charge in [0.15, 0.2) is 0 Å². The summed E-state index contributed by atoms with van der Waals surface area (Å²) in [5, 5.41) is 12.6. The number of nitrogens with zero attached hydrogens (tertiary/aromatic N) is 1. The van der Waals surface area contributed by atoms with E-state index >= 15 is 0 Å². The molecule has 0 aliphatic carbocycles. The Labute approximate surface area is 148 Å². The number of hydrogen-bond donors (Lipinski definition) is 2. The van der Waals surface area contributed by atoms with Gasteiger partial charge < -0.3 is 15.3 Å². The molecule has 1 saturated heterocycles. The molecule has 1 fully saturated rings. The first-order chi connectivity index (χ1) is 11.5. The molecule has 2 N–H and O–H groups in total. The van der Waals surface area contributed by atoms with Crippen LogP contribution in [0.4, 0.5) is 5.69 Å². The molecule has 3 rings (SSSR count). The van der Waals surface area contributed by atoms with Gasteiger partial charge in [-0.1, -0.05) is 28.1 Å². The summed E-state index contributed by atoms with van der Waals surface area (Å²) in [6.45, 7) is 1.06. The topological polar surface area (TPSA) is 69.6 Å². The molecule has 0 aromatic heterocycles. The highest BCUT2D eigenvalue weighted by Crippen LogP contribution is 2.23. The normalized spacial score (nSPS) is 14.0. The van der Waals surface area contributed by atoms with Gasteiger partial charge >= 0.3 is 0 Å². The number of phenolic OH excluding ortho intramolecular Hbond substituents is 1. The molecular formula is C18H17BrN2O3. The van der Waals surface area contributed by atoms with Crippen molar-refractivity contribution in [3.63, 3.8) is 0 Å². The minimum atomic E-state index is -0.345. The van der Waals surface area contributed by atoms with Crippen LogP contribution in [-0.4, -0.2) is 23.5 Å². The maximum absolute atomic E-state index is 12.2. The second kappa shape index (κ2) is 7.05. The van der Waals surface area contributed by atoms with Crippen molar-refractivity contribution in [3.8, 4) is 5.75 Å². The van der Waals surface area contributed by atoms with E-state index in [2.05, 4.69) is 21.2 Å². The second-order valence-electron chi connectivity index (χ2n) is 5.66. The predicted molar refractivity (Wildman–Crippen MR) is 95.0 cm³/mol. The van der Waals surface area contributed by atoms with E-state index < -0.39 is 0 Å². The number of anilines is 1. The van der Waals surface area contributed by atoms with E-state index in [1.165, 1.54) is 6.07 Å². The average Bonchev–Trinajstić information content (AvgIpc) is 2.99. The number of rotatable bonds is 4. The molecule has 0 spiro atoms. The fourth-order valence-corrected chi connectivity index (χ4v) is 3.08. The van der Waals surface area contributed by atoms with E-state index in [0.29, 0.717) is 17.4 Å². The largest absolute Gasteiger partial charge is 0.507 e. The Morgan fingerprint density at radius 3 is 2.79 bits per heavy atom. The van der Waals surface area contributed by atoms with Crippen LogP contribution >= 0.6 is 15.9 Å². The van der Waals surface area contributed by atoms with Crippen LogP contribution in [0.1, 0.15) is 28.8 Å². The number of benzene rings is 2. The van der Waals surface area contributed by atoms with E-state index in [4.69, 9.17) is 0 Å². The van der Waals surface area contributed by atoms with Gasteiger partial charge in [0.1, 0.15) is 5.75 Å². The summed E-state index contributed by atoms with van der Waals surface area (Å²) in [7, 11) is 0. The Bertz CT molecular complexity index is 792. The minimum absolute atomic E-state index is 0.0710. The fraction of sp³-hybridized carbons (Fsp3) is 0.222. The molecule has 24 heavy (non-hydrogen) atoms. The van der Waals surface area contributed by atoms with Gasteiger partial charge in [-0.3, -0.25) is 9.59 Å². The average molecular weight is 389 g/mol. The highest BCUT2D eigenvalue weighted by atomic mass is 79.9. The Morgan fingerprint density at radius 2 is 2.08 bits per heavy atom. The molecule has 0 atom stereocenters. The lowest BCUT2D eigenvalue weighted by Crippen LogP contribution is -2.25. The minimum Gasteiger partial charge on any atom is -0.507 e. The molecule has 0 unspecified atom stereocenters. The molecule has 2 aromatic rings. The first-order valence-corrected chi connectivity index (χ1v) is 8.50. The zero-order valence-electron chi connectivity index (χ0n) is 13.0. The first-order valence-electron chi connectivity index (χ1n) is 7.70. The summed E-state index contributed by atoms with van der Waals surface area (Å²) < 4.78 is 0.708. The molecule has 2 amide bonds. The third-order valence-electron chi connectivity index (χ3n) is 3.95. The van der Waals surface area contributed by atoms with E-state index in [1.54, 1.807) is 17.0 Å². The summed E-state index contributed by atoms with van der Waals surface area (Å²) >= 11 is 3.24. The van der Waals surface area contributed by atoms with Gasteiger partial charge in [-0.05, 0) is 42.3 Å². The van der Waals surface area contributed by atoms with Crippen LogP contribution in [0.25, 0.3) is 0 Å². The van der Waals surface area contributed by atoms with E-state index in [9.17, 15) is 14.7 Å². The van der Waals surface area contributed by atoms with Crippen LogP contribution < -0.4 is 10.2 Å². The Kier molecular flexibility index (Phi) is 4.85. The second-order valence-corrected chi connectivity index (χ2v) is 6.58. The van der Waals surface area contributed by atoms with Crippen molar-refractivity contribution >= 4 is 33.4 Å². The summed E-state index contributed by atoms with van der Waals surface area (Å²) in [6, 6.07) is 12.3. The van der Waals surface area contributed by atoms with Crippen LogP contribution in [-0.2, 0) is 11.3 Å². The molecular weight excluding hydrogens is 372 g/mol. The molecule has 0 radical (unpaired) electrons. The lowest BCUT2D eigenvalue weighted by Gasteiger charge is -2.16. The van der Waals surface area contributed by atoms with Crippen LogP contribution in [0, 0.1) is 0 Å². The highest BCUT2D eigenvalue weighted by Gasteiger charge is 2.21. The van der Waals surface area contributed by atoms with Gasteiger partial charge in [-0.25, -0.2) is 0 Å². The highest BCUT2D eigenvalue weighted by molar-refractivity contribution is 9.10. The lowest BCUT2D eigenvalue weighted by atomic mass is 10.1. The monoisotopic (exact) mass is 388 g/mol. The number of phenols is 1. The maximum Gasteiger partial charge on any atom is 0.255 e. The number of halogens is 1. The van der Waals surface area contributed by atoms with Crippen molar-refractivity contribution in [2.45, 2.75) is 19.4 Å². The quantitative estimate of drug-likeness (QED) is 0.844. The van der Waals surface area contributed by atoms with Gasteiger partial charge in [0.05, 0.1) is 5.56 Å². The summed E-state index contributed by atoms with van der Waals surface area (Å²) in [5.74, 6) is -0.281. The van der Waals surface area contributed by atoms with Crippen LogP contribution in [0.2, 0.25) is 0 Å². The molecule has 6 heteroatoms. The molecule has 1 heterocycles. The number of hydrogen-bond acceptors (Lipinski definition) is 3. The molecule has 0 saturated carbocycles. The molecule has 2 aromatic carbocycles. The fourth-order valence-electron chi connectivity index (χ4n) is 2.73. The summed E-state index contributed by atoms with van der Waals surface area (Å²) in [5.41, 5.74) is 1.98. The zero-order chi connectivity index (χ0) is 17.1. The van der Waals surface area contributed by atoms with E-state index in [-0.39, 0.29) is 23.1 Å². The van der Waals surface area contributed by atoms with Crippen LogP contribution in [0.15, 0.2) is 46.9 Å².